The van der Waals surface area contributed by atoms with Gasteiger partial charge in [0.05, 0.1) is 12.6 Å². The Morgan fingerprint density at radius 2 is 0.947 bits per heavy atom. The molecular weight excluding hydrogens is 991 g/mol. The number of carboxylic acids is 2. The predicted octanol–water partition coefficient (Wildman–Crippen LogP) is -0.831. The number of aromatic hydroxyl groups is 1. The maximum Gasteiger partial charge on any atom is 0.326 e. The van der Waals surface area contributed by atoms with Gasteiger partial charge in [-0.3, -0.25) is 47.9 Å². The number of nitrogens with two attached hydrogens (primary N) is 2. The van der Waals surface area contributed by atoms with Crippen LogP contribution in [-0.4, -0.2) is 148 Å². The molecule has 9 amide bonds. The Labute approximate surface area is 445 Å². The van der Waals surface area contributed by atoms with Crippen LogP contribution in [0.2, 0.25) is 0 Å². The summed E-state index contributed by atoms with van der Waals surface area (Å²) in [6, 6.07) is -5.52. The maximum atomic E-state index is 13.8. The number of carbonyl (C=O) groups excluding carboxylic acids is 9. The molecule has 0 saturated heterocycles. The van der Waals surface area contributed by atoms with Crippen molar-refractivity contribution in [1.82, 2.24) is 47.9 Å². The highest BCUT2D eigenvalue weighted by Crippen LogP contribution is 2.14. The molecule has 0 aliphatic heterocycles. The number of nitrogens with one attached hydrogen (secondary N) is 9. The predicted molar refractivity (Wildman–Crippen MR) is 280 cm³/mol. The van der Waals surface area contributed by atoms with Crippen LogP contribution in [0.1, 0.15) is 126 Å². The summed E-state index contributed by atoms with van der Waals surface area (Å²) in [4.78, 5) is 144. The minimum absolute atomic E-state index is 0.0118. The fourth-order valence-electron chi connectivity index (χ4n) is 7.60. The van der Waals surface area contributed by atoms with E-state index in [4.69, 9.17) is 11.5 Å². The minimum Gasteiger partial charge on any atom is -0.508 e. The van der Waals surface area contributed by atoms with Gasteiger partial charge in [-0.25, -0.2) is 4.79 Å². The molecule has 0 radical (unpaired) electrons. The molecule has 0 aromatic heterocycles. The first-order valence-corrected chi connectivity index (χ1v) is 25.8. The van der Waals surface area contributed by atoms with Crippen LogP contribution in [0, 0.1) is 23.7 Å². The van der Waals surface area contributed by atoms with Crippen molar-refractivity contribution in [2.24, 2.45) is 35.1 Å². The fourth-order valence-corrected chi connectivity index (χ4v) is 7.60. The number of carbonyl (C=O) groups is 11. The summed E-state index contributed by atoms with van der Waals surface area (Å²) in [5.41, 5.74) is 12.2. The van der Waals surface area contributed by atoms with Crippen LogP contribution >= 0.6 is 0 Å². The van der Waals surface area contributed by atoms with E-state index < -0.39 is 145 Å². The van der Waals surface area contributed by atoms with Gasteiger partial charge in [-0.1, -0.05) is 67.5 Å². The van der Waals surface area contributed by atoms with Gasteiger partial charge in [0.2, 0.25) is 53.2 Å². The maximum absolute atomic E-state index is 13.8. The van der Waals surface area contributed by atoms with E-state index in [2.05, 4.69) is 47.9 Å². The number of phenolic OH excluding ortho intramolecular Hbond substituents is 1. The molecular formula is C51H85N11O14. The number of aliphatic carboxylic acids is 2. The second kappa shape index (κ2) is 33.9. The standard InChI is InChI=1S/C51H85N11O14/c1-26(2)21-34(53)45(69)60-38(23-28(5)6)49(73)61-37(22-27(3)4)48(72)56-30(9)43(67)55-31(10)44(68)58-35(13-11-12-20-52)46(70)54-25-40(64)57-39(24-32-14-16-33(63)17-15-32)50(74)59-36(18-19-41(65)66)47(71)62-42(29(7)8)51(75)76/h14-17,26-31,34-39,42,63H,11-13,18-25,52-53H2,1-10H3,(H,54,70)(H,55,67)(H,56,72)(H,57,64)(H,58,68)(H,59,74)(H,60,69)(H,61,73)(H,62,71)(H,65,66)(H,75,76)/t30-,31-,34-,35-,36-,37-,38-,39-,42-/m0/s1. The molecule has 0 bridgehead atoms. The van der Waals surface area contributed by atoms with Gasteiger partial charge < -0.3 is 74.6 Å². The van der Waals surface area contributed by atoms with Gasteiger partial charge in [-0.2, -0.15) is 0 Å². The Morgan fingerprint density at radius 1 is 0.500 bits per heavy atom. The highest BCUT2D eigenvalue weighted by atomic mass is 16.4. The molecule has 1 aromatic rings. The Balaban J connectivity index is 3.18. The summed E-state index contributed by atoms with van der Waals surface area (Å²) >= 11 is 0. The lowest BCUT2D eigenvalue weighted by Crippen LogP contribution is -2.59. The quantitative estimate of drug-likeness (QED) is 0.0369. The smallest absolute Gasteiger partial charge is 0.326 e. The van der Waals surface area contributed by atoms with Crippen molar-refractivity contribution in [2.75, 3.05) is 13.1 Å². The second-order valence-corrected chi connectivity index (χ2v) is 20.7. The number of unbranched alkanes of at least 4 members (excludes halogenated alkanes) is 1. The van der Waals surface area contributed by atoms with Crippen molar-refractivity contribution in [3.8, 4) is 5.75 Å². The Bertz CT molecular complexity index is 2120. The molecule has 76 heavy (non-hydrogen) atoms. The second-order valence-electron chi connectivity index (χ2n) is 20.7. The molecule has 0 spiro atoms. The SMILES string of the molecule is CC(C)C[C@H](NC(=O)[C@H](CC(C)C)NC(=O)[C@@H](N)CC(C)C)C(=O)N[C@@H](C)C(=O)N[C@@H](C)C(=O)N[C@@H](CCCCN)C(=O)NCC(=O)N[C@@H](Cc1ccc(O)cc1)C(=O)N[C@@H](CCC(=O)O)C(=O)N[C@H](C(=O)O)C(C)C. The van der Waals surface area contributed by atoms with Crippen LogP contribution in [0.25, 0.3) is 0 Å². The van der Waals surface area contributed by atoms with E-state index in [9.17, 15) is 68.1 Å². The van der Waals surface area contributed by atoms with E-state index in [1.165, 1.54) is 52.0 Å². The average Bonchev–Trinajstić information content (AvgIpc) is 3.32. The zero-order valence-electron chi connectivity index (χ0n) is 45.6. The van der Waals surface area contributed by atoms with E-state index in [0.717, 1.165) is 0 Å². The summed E-state index contributed by atoms with van der Waals surface area (Å²) < 4.78 is 0. The molecule has 0 unspecified atom stereocenters. The van der Waals surface area contributed by atoms with Crippen molar-refractivity contribution in [3.05, 3.63) is 29.8 Å². The summed E-state index contributed by atoms with van der Waals surface area (Å²) in [6.07, 6.45) is 0.431. The molecule has 25 nitrogen and oxygen atoms in total. The van der Waals surface area contributed by atoms with Crippen LogP contribution in [0.15, 0.2) is 24.3 Å². The van der Waals surface area contributed by atoms with E-state index in [-0.39, 0.29) is 55.7 Å². The summed E-state index contributed by atoms with van der Waals surface area (Å²) in [7, 11) is 0. The molecule has 16 N–H and O–H groups in total. The summed E-state index contributed by atoms with van der Waals surface area (Å²) in [6.45, 7) is 16.6. The minimum atomic E-state index is -1.55. The number of rotatable bonds is 35. The normalized spacial score (nSPS) is 14.8. The number of phenols is 1. The number of hydrogen-bond acceptors (Lipinski definition) is 14. The van der Waals surface area contributed by atoms with Gasteiger partial charge in [0, 0.05) is 12.8 Å². The lowest BCUT2D eigenvalue weighted by Gasteiger charge is -2.27. The first kappa shape index (κ1) is 67.1. The molecule has 1 aromatic carbocycles. The lowest BCUT2D eigenvalue weighted by atomic mass is 9.99. The van der Waals surface area contributed by atoms with Gasteiger partial charge in [-0.15, -0.1) is 0 Å². The third kappa shape index (κ3) is 26.1. The van der Waals surface area contributed by atoms with Crippen LogP contribution in [-0.2, 0) is 59.2 Å². The molecule has 9 atom stereocenters. The van der Waals surface area contributed by atoms with Crippen molar-refractivity contribution in [2.45, 2.75) is 181 Å². The largest absolute Gasteiger partial charge is 0.508 e. The molecule has 428 valence electrons. The third-order valence-electron chi connectivity index (χ3n) is 11.8. The highest BCUT2D eigenvalue weighted by Gasteiger charge is 2.34. The Morgan fingerprint density at radius 3 is 1.45 bits per heavy atom. The highest BCUT2D eigenvalue weighted by molar-refractivity contribution is 5.98. The van der Waals surface area contributed by atoms with Gasteiger partial charge in [0.25, 0.3) is 0 Å². The third-order valence-corrected chi connectivity index (χ3v) is 11.8. The fraction of sp³-hybridized carbons (Fsp3) is 0.667. The van der Waals surface area contributed by atoms with E-state index >= 15 is 0 Å². The van der Waals surface area contributed by atoms with Gasteiger partial charge >= 0.3 is 11.9 Å². The van der Waals surface area contributed by atoms with Gasteiger partial charge in [-0.05, 0) is 107 Å². The number of hydrogen-bond donors (Lipinski definition) is 14. The van der Waals surface area contributed by atoms with Crippen LogP contribution in [0.3, 0.4) is 0 Å². The first-order valence-electron chi connectivity index (χ1n) is 25.8. The van der Waals surface area contributed by atoms with Gasteiger partial charge in [0.1, 0.15) is 54.1 Å². The average molecular weight is 1080 g/mol. The molecule has 0 heterocycles. The molecule has 25 heteroatoms. The molecule has 1 rings (SSSR count). The topological polar surface area (TPSA) is 409 Å². The number of benzene rings is 1. The van der Waals surface area contributed by atoms with E-state index in [1.54, 1.807) is 0 Å². The first-order chi connectivity index (χ1) is 35.4. The lowest BCUT2D eigenvalue weighted by molar-refractivity contribution is -0.144. The summed E-state index contributed by atoms with van der Waals surface area (Å²) in [5.74, 6) is -10.4. The Hall–Kier alpha value is -6.89. The van der Waals surface area contributed by atoms with Crippen LogP contribution in [0.5, 0.6) is 5.75 Å². The van der Waals surface area contributed by atoms with Crippen LogP contribution < -0.4 is 59.3 Å². The molecule has 0 aliphatic carbocycles. The molecule has 0 fully saturated rings. The molecule has 0 saturated carbocycles. The monoisotopic (exact) mass is 1080 g/mol. The van der Waals surface area contributed by atoms with Gasteiger partial charge in [0.15, 0.2) is 0 Å². The van der Waals surface area contributed by atoms with Crippen molar-refractivity contribution in [1.29, 1.82) is 0 Å². The van der Waals surface area contributed by atoms with E-state index in [1.807, 2.05) is 41.5 Å². The number of amides is 9. The van der Waals surface area contributed by atoms with Crippen LogP contribution in [0.4, 0.5) is 0 Å². The van der Waals surface area contributed by atoms with Crippen molar-refractivity contribution >= 4 is 65.1 Å². The zero-order valence-corrected chi connectivity index (χ0v) is 45.6. The Kier molecular flexibility index (Phi) is 30.0. The number of carboxylic acid groups (broad SMARTS) is 2. The molecule has 0 aliphatic rings. The zero-order chi connectivity index (χ0) is 58.0. The summed E-state index contributed by atoms with van der Waals surface area (Å²) in [5, 5.41) is 51.5. The van der Waals surface area contributed by atoms with E-state index in [0.29, 0.717) is 24.8 Å². The van der Waals surface area contributed by atoms with Crippen molar-refractivity contribution in [3.63, 3.8) is 0 Å². The van der Waals surface area contributed by atoms with Crippen molar-refractivity contribution < 1.29 is 68.1 Å².